The number of amides is 3. The first kappa shape index (κ1) is 39.1. The average Bonchev–Trinajstić information content (AvgIpc) is 2.96. The topological polar surface area (TPSA) is 134 Å². The lowest BCUT2D eigenvalue weighted by atomic mass is 9.98. The summed E-state index contributed by atoms with van der Waals surface area (Å²) in [5, 5.41) is 16.7. The van der Waals surface area contributed by atoms with E-state index in [-0.39, 0.29) is 24.3 Å². The minimum absolute atomic E-state index is 0.138. The van der Waals surface area contributed by atoms with Crippen LogP contribution in [0.4, 0.5) is 4.79 Å². The largest absolute Gasteiger partial charge is 0.507 e. The number of phenols is 1. The molecule has 10 heteroatoms. The van der Waals surface area contributed by atoms with Crippen LogP contribution in [0.15, 0.2) is 48.5 Å². The Morgan fingerprint density at radius 2 is 1.45 bits per heavy atom. The number of aryl methyl sites for hydroxylation is 1. The molecule has 0 fully saturated rings. The fourth-order valence-electron chi connectivity index (χ4n) is 5.07. The number of para-hydroxylation sites is 1. The highest BCUT2D eigenvalue weighted by molar-refractivity contribution is 5.94. The minimum Gasteiger partial charge on any atom is -0.507 e. The van der Waals surface area contributed by atoms with Crippen molar-refractivity contribution in [2.24, 2.45) is 0 Å². The van der Waals surface area contributed by atoms with Gasteiger partial charge in [-0.25, -0.2) is 9.59 Å². The summed E-state index contributed by atoms with van der Waals surface area (Å²) in [5.74, 6) is -1.96. The van der Waals surface area contributed by atoms with E-state index in [2.05, 4.69) is 17.6 Å². The molecular weight excluding hydrogens is 598 g/mol. The SMILES string of the molecule is CCCCCCCN(C(=O)C(C)NC(=O)OC(C)(C)C)C(C(=O)NC(Cc1ccccc1)C(=O)OC(C)(C)C)c1cccc(C)c1O. The van der Waals surface area contributed by atoms with Crippen molar-refractivity contribution in [3.8, 4) is 5.75 Å². The predicted octanol–water partition coefficient (Wildman–Crippen LogP) is 6.52. The van der Waals surface area contributed by atoms with Crippen molar-refractivity contribution in [3.05, 3.63) is 65.2 Å². The van der Waals surface area contributed by atoms with Crippen LogP contribution >= 0.6 is 0 Å². The van der Waals surface area contributed by atoms with E-state index in [9.17, 15) is 24.3 Å². The normalized spacial score (nSPS) is 13.6. The van der Waals surface area contributed by atoms with Gasteiger partial charge in [0, 0.05) is 18.5 Å². The number of esters is 1. The maximum atomic E-state index is 14.5. The molecule has 0 spiro atoms. The smallest absolute Gasteiger partial charge is 0.408 e. The van der Waals surface area contributed by atoms with E-state index in [1.807, 2.05) is 30.3 Å². The van der Waals surface area contributed by atoms with Crippen LogP contribution in [0.3, 0.4) is 0 Å². The fourth-order valence-corrected chi connectivity index (χ4v) is 5.07. The number of carbonyl (C=O) groups excluding carboxylic acids is 4. The highest BCUT2D eigenvalue weighted by Crippen LogP contribution is 2.33. The van der Waals surface area contributed by atoms with Gasteiger partial charge in [0.15, 0.2) is 0 Å². The molecule has 0 saturated carbocycles. The van der Waals surface area contributed by atoms with E-state index in [1.54, 1.807) is 66.7 Å². The van der Waals surface area contributed by atoms with Crippen molar-refractivity contribution in [2.45, 2.75) is 130 Å². The maximum absolute atomic E-state index is 14.5. The standard InChI is InChI=1S/C37H55N3O7/c1-10-11-12-13-17-23-40(33(43)26(3)38-35(45)47-37(7,8)9)30(28-22-18-19-25(2)31(28)41)32(42)39-29(34(44)46-36(4,5)6)24-27-20-15-14-16-21-27/h14-16,18-22,26,29-30,41H,10-13,17,23-24H2,1-9H3,(H,38,45)(H,39,42). The lowest BCUT2D eigenvalue weighted by Gasteiger charge is -2.35. The molecule has 0 heterocycles. The molecule has 10 nitrogen and oxygen atoms in total. The number of nitrogens with one attached hydrogen (secondary N) is 2. The molecule has 2 aromatic rings. The molecular formula is C37H55N3O7. The van der Waals surface area contributed by atoms with Crippen LogP contribution in [0.2, 0.25) is 0 Å². The van der Waals surface area contributed by atoms with Crippen molar-refractivity contribution in [1.29, 1.82) is 0 Å². The summed E-state index contributed by atoms with van der Waals surface area (Å²) in [4.78, 5) is 56.1. The average molecular weight is 654 g/mol. The molecule has 3 unspecified atom stereocenters. The second-order valence-corrected chi connectivity index (χ2v) is 14.0. The second-order valence-electron chi connectivity index (χ2n) is 14.0. The van der Waals surface area contributed by atoms with Crippen LogP contribution in [0.5, 0.6) is 5.75 Å². The van der Waals surface area contributed by atoms with Crippen LogP contribution in [-0.4, -0.2) is 63.7 Å². The van der Waals surface area contributed by atoms with Gasteiger partial charge in [0.05, 0.1) is 0 Å². The number of alkyl carbamates (subject to hydrolysis) is 1. The van der Waals surface area contributed by atoms with Gasteiger partial charge < -0.3 is 30.1 Å². The van der Waals surface area contributed by atoms with Gasteiger partial charge in [0.1, 0.15) is 35.1 Å². The zero-order valence-corrected chi connectivity index (χ0v) is 29.6. The Bertz CT molecular complexity index is 1330. The number of unbranched alkanes of at least 4 members (excludes halogenated alkanes) is 4. The van der Waals surface area contributed by atoms with E-state index in [0.29, 0.717) is 12.0 Å². The zero-order valence-electron chi connectivity index (χ0n) is 29.6. The van der Waals surface area contributed by atoms with Crippen molar-refractivity contribution in [3.63, 3.8) is 0 Å². The molecule has 260 valence electrons. The summed E-state index contributed by atoms with van der Waals surface area (Å²) in [6.07, 6.45) is 3.80. The molecule has 2 rings (SSSR count). The van der Waals surface area contributed by atoms with Gasteiger partial charge in [0.2, 0.25) is 11.8 Å². The summed E-state index contributed by atoms with van der Waals surface area (Å²) < 4.78 is 11.1. The van der Waals surface area contributed by atoms with E-state index < -0.39 is 53.2 Å². The molecule has 0 aliphatic carbocycles. The summed E-state index contributed by atoms with van der Waals surface area (Å²) >= 11 is 0. The monoisotopic (exact) mass is 653 g/mol. The third-order valence-corrected chi connectivity index (χ3v) is 7.30. The van der Waals surface area contributed by atoms with Gasteiger partial charge in [-0.1, -0.05) is 81.1 Å². The van der Waals surface area contributed by atoms with Gasteiger partial charge in [0.25, 0.3) is 0 Å². The molecule has 47 heavy (non-hydrogen) atoms. The van der Waals surface area contributed by atoms with Gasteiger partial charge in [-0.15, -0.1) is 0 Å². The Kier molecular flexibility index (Phi) is 14.8. The fraction of sp³-hybridized carbons (Fsp3) is 0.568. The molecule has 0 aliphatic heterocycles. The number of benzene rings is 2. The number of ether oxygens (including phenoxy) is 2. The number of aromatic hydroxyl groups is 1. The van der Waals surface area contributed by atoms with Crippen molar-refractivity contribution >= 4 is 23.9 Å². The van der Waals surface area contributed by atoms with Gasteiger partial charge in [-0.05, 0) is 72.9 Å². The first-order valence-corrected chi connectivity index (χ1v) is 16.6. The lowest BCUT2D eigenvalue weighted by molar-refractivity contribution is -0.159. The Morgan fingerprint density at radius 3 is 2.04 bits per heavy atom. The number of hydrogen-bond donors (Lipinski definition) is 3. The Labute approximate surface area is 280 Å². The molecule has 3 atom stereocenters. The molecule has 0 aliphatic rings. The molecule has 3 N–H and O–H groups in total. The number of phenolic OH excluding ortho intramolecular Hbond substituents is 1. The summed E-state index contributed by atoms with van der Waals surface area (Å²) in [7, 11) is 0. The first-order chi connectivity index (χ1) is 21.9. The van der Waals surface area contributed by atoms with Crippen LogP contribution < -0.4 is 10.6 Å². The Balaban J connectivity index is 2.59. The number of carbonyl (C=O) groups is 4. The van der Waals surface area contributed by atoms with E-state index >= 15 is 0 Å². The zero-order chi connectivity index (χ0) is 35.4. The van der Waals surface area contributed by atoms with E-state index in [0.717, 1.165) is 31.2 Å². The van der Waals surface area contributed by atoms with Crippen molar-refractivity contribution < 1.29 is 33.8 Å². The summed E-state index contributed by atoms with van der Waals surface area (Å²) in [6.45, 7) is 15.9. The van der Waals surface area contributed by atoms with Gasteiger partial charge >= 0.3 is 12.1 Å². The van der Waals surface area contributed by atoms with E-state index in [4.69, 9.17) is 9.47 Å². The first-order valence-electron chi connectivity index (χ1n) is 16.6. The molecule has 2 aromatic carbocycles. The second kappa shape index (κ2) is 17.7. The minimum atomic E-state index is -1.32. The van der Waals surface area contributed by atoms with Gasteiger partial charge in [-0.3, -0.25) is 9.59 Å². The van der Waals surface area contributed by atoms with Crippen molar-refractivity contribution in [2.75, 3.05) is 6.54 Å². The van der Waals surface area contributed by atoms with Crippen LogP contribution in [0.1, 0.15) is 110 Å². The maximum Gasteiger partial charge on any atom is 0.408 e. The summed E-state index contributed by atoms with van der Waals surface area (Å²) in [6, 6.07) is 10.8. The number of nitrogens with zero attached hydrogens (tertiary/aromatic N) is 1. The number of rotatable bonds is 15. The van der Waals surface area contributed by atoms with Gasteiger partial charge in [-0.2, -0.15) is 0 Å². The molecule has 0 saturated heterocycles. The Hall–Kier alpha value is -4.08. The Morgan fingerprint density at radius 1 is 0.830 bits per heavy atom. The molecule has 3 amide bonds. The number of hydrogen-bond acceptors (Lipinski definition) is 7. The predicted molar refractivity (Wildman–Crippen MR) is 183 cm³/mol. The molecule has 0 bridgehead atoms. The quantitative estimate of drug-likeness (QED) is 0.147. The van der Waals surface area contributed by atoms with Crippen LogP contribution in [-0.2, 0) is 30.3 Å². The molecule has 0 aromatic heterocycles. The van der Waals surface area contributed by atoms with Crippen molar-refractivity contribution in [1.82, 2.24) is 15.5 Å². The van der Waals surface area contributed by atoms with Crippen LogP contribution in [0, 0.1) is 6.92 Å². The third kappa shape index (κ3) is 13.3. The third-order valence-electron chi connectivity index (χ3n) is 7.30. The highest BCUT2D eigenvalue weighted by atomic mass is 16.6. The van der Waals surface area contributed by atoms with E-state index in [1.165, 1.54) is 11.8 Å². The van der Waals surface area contributed by atoms with Crippen LogP contribution in [0.25, 0.3) is 0 Å². The lowest BCUT2D eigenvalue weighted by Crippen LogP contribution is -2.54. The molecule has 0 radical (unpaired) electrons. The highest BCUT2D eigenvalue weighted by Gasteiger charge is 2.38. The summed E-state index contributed by atoms with van der Waals surface area (Å²) in [5.41, 5.74) is -0.0664.